The molecule has 0 aliphatic rings. The Morgan fingerprint density at radius 3 is 1.73 bits per heavy atom. The minimum absolute atomic E-state index is 0.0684. The van der Waals surface area contributed by atoms with Crippen molar-refractivity contribution in [1.82, 2.24) is 0 Å². The molecule has 0 spiro atoms. The van der Waals surface area contributed by atoms with Crippen LogP contribution in [0.4, 0.5) is 5.69 Å². The maximum absolute atomic E-state index is 12.6. The van der Waals surface area contributed by atoms with Crippen molar-refractivity contribution in [2.75, 3.05) is 26.4 Å². The maximum Gasteiger partial charge on any atom is 0.330 e. The summed E-state index contributed by atoms with van der Waals surface area (Å²) in [6, 6.07) is 21.1. The lowest BCUT2D eigenvalue weighted by Gasteiger charge is -2.07. The minimum Gasteiger partial charge on any atom is -0.494 e. The molecule has 8 nitrogen and oxygen atoms in total. The lowest BCUT2D eigenvalue weighted by Crippen LogP contribution is -2.03. The zero-order chi connectivity index (χ0) is 34.4. The molecule has 3 aromatic carbocycles. The number of esters is 2. The fourth-order valence-corrected chi connectivity index (χ4v) is 4.97. The summed E-state index contributed by atoms with van der Waals surface area (Å²) in [5.41, 5.74) is 3.66. The van der Waals surface area contributed by atoms with Crippen LogP contribution in [0.3, 0.4) is 0 Å². The van der Waals surface area contributed by atoms with E-state index in [-0.39, 0.29) is 5.12 Å². The van der Waals surface area contributed by atoms with E-state index in [0.29, 0.717) is 26.4 Å². The van der Waals surface area contributed by atoms with Crippen LogP contribution in [0.25, 0.3) is 6.08 Å². The molecule has 0 atom stereocenters. The van der Waals surface area contributed by atoms with E-state index in [1.165, 1.54) is 17.8 Å². The summed E-state index contributed by atoms with van der Waals surface area (Å²) in [6.45, 7) is 10.7. The molecule has 0 radical (unpaired) electrons. The molecule has 0 aliphatic carbocycles. The number of thioether (sulfide) groups is 1. The maximum atomic E-state index is 12.6. The predicted octanol–water partition coefficient (Wildman–Crippen LogP) is 8.63. The van der Waals surface area contributed by atoms with Gasteiger partial charge >= 0.3 is 11.9 Å². The Balaban J connectivity index is 1.36. The van der Waals surface area contributed by atoms with Crippen LogP contribution in [0.1, 0.15) is 55.2 Å². The summed E-state index contributed by atoms with van der Waals surface area (Å²) in [6.07, 6.45) is 12.6. The van der Waals surface area contributed by atoms with Crippen LogP contribution in [-0.4, -0.2) is 49.7 Å². The molecule has 3 aromatic rings. The fourth-order valence-electron chi connectivity index (χ4n) is 4.23. The van der Waals surface area contributed by atoms with Gasteiger partial charge in [0.05, 0.1) is 32.1 Å². The second kappa shape index (κ2) is 21.8. The highest BCUT2D eigenvalue weighted by Crippen LogP contribution is 2.27. The van der Waals surface area contributed by atoms with E-state index >= 15 is 0 Å². The Hall–Kier alpha value is -4.89. The molecule has 0 aliphatic heterocycles. The number of carbonyl (C=O) groups excluding carboxylic acids is 3. The first kappa shape index (κ1) is 37.6. The zero-order valence-corrected chi connectivity index (χ0v) is 28.3. The quantitative estimate of drug-likeness (QED) is 0.0365. The SMILES string of the molecule is C=CC(=O)OCCCCCOc1ccc(C=Nc2ccc(SC(=O)/C=C/c3ccc(OCCCCCOC(=O)C=C)cc3)cc2C)cc1. The Morgan fingerprint density at radius 2 is 1.21 bits per heavy atom. The molecule has 0 N–H and O–H groups in total. The molecule has 0 unspecified atom stereocenters. The first-order valence-corrected chi connectivity index (χ1v) is 16.8. The van der Waals surface area contributed by atoms with Gasteiger partial charge in [-0.25, -0.2) is 9.59 Å². The van der Waals surface area contributed by atoms with E-state index in [1.54, 1.807) is 18.4 Å². The van der Waals surface area contributed by atoms with Crippen LogP contribution in [0.5, 0.6) is 11.5 Å². The summed E-state index contributed by atoms with van der Waals surface area (Å²) in [7, 11) is 0. The number of aliphatic imine (C=N–C) groups is 1. The summed E-state index contributed by atoms with van der Waals surface area (Å²) in [4.78, 5) is 40.1. The van der Waals surface area contributed by atoms with Gasteiger partial charge in [0.25, 0.3) is 0 Å². The first-order chi connectivity index (χ1) is 23.4. The zero-order valence-electron chi connectivity index (χ0n) is 27.4. The van der Waals surface area contributed by atoms with Gasteiger partial charge in [0.1, 0.15) is 11.5 Å². The van der Waals surface area contributed by atoms with Gasteiger partial charge in [-0.2, -0.15) is 0 Å². The van der Waals surface area contributed by atoms with Crippen molar-refractivity contribution in [1.29, 1.82) is 0 Å². The number of aryl methyl sites for hydroxylation is 1. The molecule has 48 heavy (non-hydrogen) atoms. The highest BCUT2D eigenvalue weighted by molar-refractivity contribution is 8.14. The largest absolute Gasteiger partial charge is 0.494 e. The molecule has 3 rings (SSSR count). The van der Waals surface area contributed by atoms with Gasteiger partial charge in [-0.3, -0.25) is 9.79 Å². The average Bonchev–Trinajstić information content (AvgIpc) is 3.10. The number of hydrogen-bond donors (Lipinski definition) is 0. The molecule has 0 heterocycles. The topological polar surface area (TPSA) is 100 Å². The number of rotatable bonds is 21. The van der Waals surface area contributed by atoms with Gasteiger partial charge in [-0.1, -0.05) is 31.4 Å². The van der Waals surface area contributed by atoms with Crippen LogP contribution >= 0.6 is 11.8 Å². The third-order valence-electron chi connectivity index (χ3n) is 6.85. The third-order valence-corrected chi connectivity index (χ3v) is 7.68. The number of nitrogens with zero attached hydrogens (tertiary/aromatic N) is 1. The van der Waals surface area contributed by atoms with Crippen molar-refractivity contribution in [2.45, 2.75) is 50.3 Å². The highest BCUT2D eigenvalue weighted by Gasteiger charge is 2.05. The van der Waals surface area contributed by atoms with Crippen LogP contribution in [-0.2, 0) is 23.9 Å². The molecular formula is C39H43NO7S. The van der Waals surface area contributed by atoms with Gasteiger partial charge in [0.15, 0.2) is 0 Å². The van der Waals surface area contributed by atoms with Crippen molar-refractivity contribution >= 4 is 46.8 Å². The van der Waals surface area contributed by atoms with Gasteiger partial charge in [-0.05, 0) is 135 Å². The van der Waals surface area contributed by atoms with Gasteiger partial charge < -0.3 is 18.9 Å². The second-order valence-corrected chi connectivity index (χ2v) is 11.7. The van der Waals surface area contributed by atoms with Crippen molar-refractivity contribution in [3.05, 3.63) is 115 Å². The second-order valence-electron chi connectivity index (χ2n) is 10.7. The highest BCUT2D eigenvalue weighted by atomic mass is 32.2. The van der Waals surface area contributed by atoms with Crippen molar-refractivity contribution < 1.29 is 33.3 Å². The average molecular weight is 670 g/mol. The first-order valence-electron chi connectivity index (χ1n) is 15.9. The van der Waals surface area contributed by atoms with E-state index in [2.05, 4.69) is 18.2 Å². The van der Waals surface area contributed by atoms with Crippen molar-refractivity contribution in [3.8, 4) is 11.5 Å². The van der Waals surface area contributed by atoms with E-state index in [9.17, 15) is 14.4 Å². The number of benzene rings is 3. The normalized spacial score (nSPS) is 10.9. The van der Waals surface area contributed by atoms with E-state index in [1.807, 2.05) is 73.7 Å². The van der Waals surface area contributed by atoms with E-state index in [4.69, 9.17) is 18.9 Å². The van der Waals surface area contributed by atoms with E-state index < -0.39 is 11.9 Å². The van der Waals surface area contributed by atoms with Crippen LogP contribution in [0, 0.1) is 6.92 Å². The number of hydrogen-bond acceptors (Lipinski definition) is 9. The number of unbranched alkanes of at least 4 members (excludes halogenated alkanes) is 4. The third kappa shape index (κ3) is 15.1. The van der Waals surface area contributed by atoms with Crippen molar-refractivity contribution in [3.63, 3.8) is 0 Å². The Kier molecular flexibility index (Phi) is 17.1. The molecular weight excluding hydrogens is 626 g/mol. The molecule has 0 amide bonds. The molecule has 0 saturated carbocycles. The standard InChI is InChI=1S/C39H43NO7S/c1-4-37(41)46-26-10-6-8-24-44-33-17-12-31(13-18-33)16-23-39(43)48-35-21-22-36(30(3)28-35)40-29-32-14-19-34(20-15-32)45-25-9-7-11-27-47-38(42)5-2/h4-5,12-23,28-29H,1-2,6-11,24-27H2,3H3/b23-16+,40-29?. The smallest absolute Gasteiger partial charge is 0.330 e. The van der Waals surface area contributed by atoms with Crippen LogP contribution < -0.4 is 9.47 Å². The summed E-state index contributed by atoms with van der Waals surface area (Å²) in [5.74, 6) is 0.764. The molecule has 0 saturated heterocycles. The number of carbonyl (C=O) groups is 3. The molecule has 9 heteroatoms. The molecule has 0 bridgehead atoms. The fraction of sp³-hybridized carbons (Fsp3) is 0.282. The van der Waals surface area contributed by atoms with Gasteiger partial charge in [0.2, 0.25) is 5.12 Å². The predicted molar refractivity (Wildman–Crippen MR) is 192 cm³/mol. The molecule has 0 aromatic heterocycles. The van der Waals surface area contributed by atoms with Gasteiger partial charge in [0, 0.05) is 23.3 Å². The van der Waals surface area contributed by atoms with Gasteiger partial charge in [-0.15, -0.1) is 0 Å². The van der Waals surface area contributed by atoms with Crippen molar-refractivity contribution in [2.24, 2.45) is 4.99 Å². The summed E-state index contributed by atoms with van der Waals surface area (Å²) < 4.78 is 21.5. The summed E-state index contributed by atoms with van der Waals surface area (Å²) in [5, 5.41) is -0.0684. The van der Waals surface area contributed by atoms with Crippen LogP contribution in [0.2, 0.25) is 0 Å². The molecule has 252 valence electrons. The number of ether oxygens (including phenoxy) is 4. The Bertz CT molecular complexity index is 1550. The lowest BCUT2D eigenvalue weighted by molar-refractivity contribution is -0.138. The van der Waals surface area contributed by atoms with E-state index in [0.717, 1.165) is 83.4 Å². The molecule has 0 fully saturated rings. The van der Waals surface area contributed by atoms with Crippen LogP contribution in [0.15, 0.2) is 108 Å². The lowest BCUT2D eigenvalue weighted by atomic mass is 10.2. The summed E-state index contributed by atoms with van der Waals surface area (Å²) >= 11 is 1.17. The Labute approximate surface area is 287 Å². The monoisotopic (exact) mass is 669 g/mol. The Morgan fingerprint density at radius 1 is 0.688 bits per heavy atom. The minimum atomic E-state index is -0.397.